The van der Waals surface area contributed by atoms with Gasteiger partial charge in [-0.05, 0) is 56.7 Å². The van der Waals surface area contributed by atoms with Gasteiger partial charge >= 0.3 is 12.1 Å². The molecule has 9 nitrogen and oxygen atoms in total. The van der Waals surface area contributed by atoms with E-state index in [0.717, 1.165) is 52.6 Å². The minimum Gasteiger partial charge on any atom is -0.481 e. The van der Waals surface area contributed by atoms with Gasteiger partial charge in [0.15, 0.2) is 0 Å². The number of nitrogens with zero attached hydrogens (tertiary/aromatic N) is 5. The second kappa shape index (κ2) is 9.78. The highest BCUT2D eigenvalue weighted by atomic mass is 16.5. The summed E-state index contributed by atoms with van der Waals surface area (Å²) in [5.41, 5.74) is 5.38. The lowest BCUT2D eigenvalue weighted by Gasteiger charge is -2.28. The van der Waals surface area contributed by atoms with Crippen molar-refractivity contribution in [2.24, 2.45) is 5.92 Å². The summed E-state index contributed by atoms with van der Waals surface area (Å²) in [4.78, 5) is 30.9. The molecular weight excluding hydrogens is 482 g/mol. The van der Waals surface area contributed by atoms with E-state index in [1.54, 1.807) is 4.90 Å². The van der Waals surface area contributed by atoms with Crippen LogP contribution in [0.15, 0.2) is 42.6 Å². The molecule has 9 heteroatoms. The van der Waals surface area contributed by atoms with Gasteiger partial charge < -0.3 is 19.3 Å². The second-order valence-electron chi connectivity index (χ2n) is 10.7. The zero-order valence-electron chi connectivity index (χ0n) is 21.8. The summed E-state index contributed by atoms with van der Waals surface area (Å²) in [6.07, 6.45) is 5.27. The van der Waals surface area contributed by atoms with Gasteiger partial charge in [0.25, 0.3) is 0 Å². The fourth-order valence-corrected chi connectivity index (χ4v) is 6.35. The molecule has 2 aromatic carbocycles. The Labute approximate surface area is 221 Å². The van der Waals surface area contributed by atoms with Crippen LogP contribution in [0.1, 0.15) is 61.5 Å². The van der Waals surface area contributed by atoms with Gasteiger partial charge in [0.2, 0.25) is 0 Å². The van der Waals surface area contributed by atoms with Crippen LogP contribution in [-0.4, -0.2) is 55.1 Å². The van der Waals surface area contributed by atoms with Crippen LogP contribution in [0.5, 0.6) is 0 Å². The number of ether oxygens (including phenoxy) is 1. The Balaban J connectivity index is 1.42. The first-order valence-corrected chi connectivity index (χ1v) is 13.4. The molecule has 2 aromatic heterocycles. The van der Waals surface area contributed by atoms with Gasteiger partial charge in [-0.25, -0.2) is 9.78 Å². The van der Waals surface area contributed by atoms with E-state index in [4.69, 9.17) is 9.72 Å². The van der Waals surface area contributed by atoms with Crippen LogP contribution in [0, 0.1) is 5.92 Å². The van der Waals surface area contributed by atoms with Crippen molar-refractivity contribution in [3.63, 3.8) is 0 Å². The van der Waals surface area contributed by atoms with Crippen molar-refractivity contribution in [3.05, 3.63) is 59.5 Å². The number of hydrogen-bond acceptors (Lipinski definition) is 5. The van der Waals surface area contributed by atoms with Gasteiger partial charge in [0, 0.05) is 23.4 Å². The first kappa shape index (κ1) is 24.5. The van der Waals surface area contributed by atoms with Crippen molar-refractivity contribution < 1.29 is 19.4 Å². The Bertz CT molecular complexity index is 1510. The molecule has 1 fully saturated rings. The standard InChI is InChI=1S/C29H33N5O4/c1-18(16-33-24-6-4-3-5-22(24)15-30-33)34-25-12-11-19-13-14-32(29(37)38-2)17-23(19)26(25)31-27(34)20-7-9-21(10-8-20)28(35)36/h3-6,11-12,15,18,20-21H,7-10,13-14,16-17H2,1-2H3,(H,35,36)/t18-,20-,21-/m0/s1. The van der Waals surface area contributed by atoms with E-state index in [-0.39, 0.29) is 24.0 Å². The summed E-state index contributed by atoms with van der Waals surface area (Å²) < 4.78 is 9.40. The van der Waals surface area contributed by atoms with Gasteiger partial charge in [-0.1, -0.05) is 24.3 Å². The van der Waals surface area contributed by atoms with Crippen LogP contribution in [0.2, 0.25) is 0 Å². The maximum atomic E-state index is 12.3. The highest BCUT2D eigenvalue weighted by Crippen LogP contribution is 2.40. The van der Waals surface area contributed by atoms with E-state index < -0.39 is 5.97 Å². The third-order valence-corrected chi connectivity index (χ3v) is 8.39. The molecule has 1 aliphatic heterocycles. The molecule has 1 atom stereocenters. The highest BCUT2D eigenvalue weighted by Gasteiger charge is 2.32. The summed E-state index contributed by atoms with van der Waals surface area (Å²) in [6, 6.07) is 12.6. The molecular formula is C29H33N5O4. The summed E-state index contributed by atoms with van der Waals surface area (Å²) in [7, 11) is 1.42. The Kier molecular flexibility index (Phi) is 6.29. The molecule has 3 heterocycles. The number of aliphatic carboxylic acids is 1. The lowest BCUT2D eigenvalue weighted by atomic mass is 9.81. The highest BCUT2D eigenvalue weighted by molar-refractivity contribution is 5.83. The lowest BCUT2D eigenvalue weighted by molar-refractivity contribution is -0.142. The number of hydrogen-bond donors (Lipinski definition) is 1. The molecule has 1 amide bonds. The van der Waals surface area contributed by atoms with E-state index in [1.165, 1.54) is 12.7 Å². The molecule has 198 valence electrons. The van der Waals surface area contributed by atoms with Crippen molar-refractivity contribution in [1.82, 2.24) is 24.2 Å². The van der Waals surface area contributed by atoms with Gasteiger partial charge in [0.05, 0.1) is 54.9 Å². The van der Waals surface area contributed by atoms with Gasteiger partial charge in [-0.3, -0.25) is 9.48 Å². The number of imidazole rings is 1. The lowest BCUT2D eigenvalue weighted by Crippen LogP contribution is -2.35. The Morgan fingerprint density at radius 2 is 1.89 bits per heavy atom. The van der Waals surface area contributed by atoms with E-state index in [9.17, 15) is 14.7 Å². The van der Waals surface area contributed by atoms with Gasteiger partial charge in [-0.2, -0.15) is 5.10 Å². The van der Waals surface area contributed by atoms with E-state index in [1.807, 2.05) is 23.0 Å². The Morgan fingerprint density at radius 1 is 1.11 bits per heavy atom. The first-order chi connectivity index (χ1) is 18.4. The summed E-state index contributed by atoms with van der Waals surface area (Å²) in [5.74, 6) is 0.216. The zero-order chi connectivity index (χ0) is 26.4. The number of carbonyl (C=O) groups is 2. The quantitative estimate of drug-likeness (QED) is 0.395. The third-order valence-electron chi connectivity index (χ3n) is 8.39. The number of methoxy groups -OCH3 is 1. The van der Waals surface area contributed by atoms with Crippen LogP contribution in [0.25, 0.3) is 21.9 Å². The fraction of sp³-hybridized carbons (Fsp3) is 0.448. The molecule has 2 aliphatic rings. The number of aromatic nitrogens is 4. The van der Waals surface area contributed by atoms with Crippen LogP contribution >= 0.6 is 0 Å². The molecule has 0 spiro atoms. The van der Waals surface area contributed by atoms with Crippen LogP contribution < -0.4 is 0 Å². The molecule has 0 radical (unpaired) electrons. The molecule has 38 heavy (non-hydrogen) atoms. The average Bonchev–Trinajstić information content (AvgIpc) is 3.54. The number of amides is 1. The molecule has 1 N–H and O–H groups in total. The zero-order valence-corrected chi connectivity index (χ0v) is 21.8. The SMILES string of the molecule is COC(=O)N1CCc2ccc3c(nc([C@H]4CC[C@H](C(=O)O)CC4)n3[C@@H](C)Cn3ncc4ccccc43)c2C1. The third kappa shape index (κ3) is 4.19. The fourth-order valence-electron chi connectivity index (χ4n) is 6.35. The van der Waals surface area contributed by atoms with E-state index in [2.05, 4.69) is 40.9 Å². The Morgan fingerprint density at radius 3 is 2.66 bits per heavy atom. The number of fused-ring (bicyclic) bond motifs is 4. The maximum Gasteiger partial charge on any atom is 0.409 e. The predicted molar refractivity (Wildman–Crippen MR) is 143 cm³/mol. The van der Waals surface area contributed by atoms with Crippen molar-refractivity contribution in [2.75, 3.05) is 13.7 Å². The molecule has 0 unspecified atom stereocenters. The molecule has 4 aromatic rings. The molecule has 0 saturated heterocycles. The Hall–Kier alpha value is -3.88. The van der Waals surface area contributed by atoms with Crippen LogP contribution in [0.4, 0.5) is 4.79 Å². The normalized spacial score (nSPS) is 20.4. The van der Waals surface area contributed by atoms with Crippen LogP contribution in [0.3, 0.4) is 0 Å². The van der Waals surface area contributed by atoms with Crippen molar-refractivity contribution in [3.8, 4) is 0 Å². The summed E-state index contributed by atoms with van der Waals surface area (Å²) in [6.45, 7) is 3.98. The smallest absolute Gasteiger partial charge is 0.409 e. The molecule has 1 aliphatic carbocycles. The second-order valence-corrected chi connectivity index (χ2v) is 10.7. The molecule has 0 bridgehead atoms. The van der Waals surface area contributed by atoms with Gasteiger partial charge in [-0.15, -0.1) is 0 Å². The van der Waals surface area contributed by atoms with Crippen molar-refractivity contribution >= 4 is 34.0 Å². The van der Waals surface area contributed by atoms with Gasteiger partial charge in [0.1, 0.15) is 5.82 Å². The minimum atomic E-state index is -0.701. The average molecular weight is 516 g/mol. The monoisotopic (exact) mass is 515 g/mol. The summed E-state index contributed by atoms with van der Waals surface area (Å²) >= 11 is 0. The number of benzene rings is 2. The number of rotatable bonds is 5. The maximum absolute atomic E-state index is 12.3. The first-order valence-electron chi connectivity index (χ1n) is 13.4. The molecule has 1 saturated carbocycles. The van der Waals surface area contributed by atoms with E-state index >= 15 is 0 Å². The molecule has 6 rings (SSSR count). The topological polar surface area (TPSA) is 102 Å². The summed E-state index contributed by atoms with van der Waals surface area (Å²) in [5, 5.41) is 15.3. The van der Waals surface area contributed by atoms with Crippen LogP contribution in [-0.2, 0) is 29.0 Å². The van der Waals surface area contributed by atoms with Crippen molar-refractivity contribution in [2.45, 2.75) is 64.1 Å². The minimum absolute atomic E-state index is 0.0638. The van der Waals surface area contributed by atoms with E-state index in [0.29, 0.717) is 32.5 Å². The number of para-hydroxylation sites is 1. The number of carboxylic acids is 1. The number of carboxylic acid groups (broad SMARTS) is 1. The largest absolute Gasteiger partial charge is 0.481 e. The van der Waals surface area contributed by atoms with Crippen molar-refractivity contribution in [1.29, 1.82) is 0 Å². The number of carbonyl (C=O) groups excluding carboxylic acids is 1. The predicted octanol–water partition coefficient (Wildman–Crippen LogP) is 5.13.